The second-order valence-corrected chi connectivity index (χ2v) is 10.7. The van der Waals surface area contributed by atoms with Gasteiger partial charge in [-0.1, -0.05) is 59.9 Å². The molecule has 0 bridgehead atoms. The van der Waals surface area contributed by atoms with Gasteiger partial charge >= 0.3 is 20.2 Å². The molecule has 2 aromatic carbocycles. The Morgan fingerprint density at radius 2 is 1.00 bits per heavy atom. The molecule has 194 valence electrons. The van der Waals surface area contributed by atoms with E-state index in [0.717, 1.165) is 11.1 Å². The Balaban J connectivity index is 1.74. The fourth-order valence-corrected chi connectivity index (χ4v) is 4.65. The Labute approximate surface area is 219 Å². The highest BCUT2D eigenvalue weighted by atomic mass is 32.2. The second-order valence-electron chi connectivity index (χ2n) is 7.65. The minimum Gasteiger partial charge on any atom is -0.360 e. The molecule has 2 heterocycles. The summed E-state index contributed by atoms with van der Waals surface area (Å²) in [6.45, 7) is 7.27. The highest BCUT2D eigenvalue weighted by Crippen LogP contribution is 2.18. The Kier molecular flexibility index (Phi) is 7.74. The number of aromatic nitrogens is 2. The first-order valence-corrected chi connectivity index (χ1v) is 13.8. The van der Waals surface area contributed by atoms with E-state index in [1.807, 2.05) is 0 Å². The summed E-state index contributed by atoms with van der Waals surface area (Å²) in [6, 6.07) is 18.1. The predicted molar refractivity (Wildman–Crippen MR) is 144 cm³/mol. The molecule has 0 aliphatic carbocycles. The molecule has 12 heteroatoms. The molecule has 4 aromatic rings. The van der Waals surface area contributed by atoms with Crippen molar-refractivity contribution >= 4 is 43.8 Å². The molecule has 0 radical (unpaired) electrons. The van der Waals surface area contributed by atoms with Gasteiger partial charge in [0.15, 0.2) is 11.4 Å². The number of benzene rings is 2. The van der Waals surface area contributed by atoms with Crippen molar-refractivity contribution in [1.82, 2.24) is 9.97 Å². The number of hydrogen-bond donors (Lipinski definition) is 2. The van der Waals surface area contributed by atoms with E-state index in [-0.39, 0.29) is 32.6 Å². The summed E-state index contributed by atoms with van der Waals surface area (Å²) in [7, 11) is -8.67. The Morgan fingerprint density at radius 1 is 0.632 bits per heavy atom. The van der Waals surface area contributed by atoms with Crippen LogP contribution < -0.4 is 0 Å². The van der Waals surface area contributed by atoms with Crippen LogP contribution in [-0.4, -0.2) is 38.2 Å². The van der Waals surface area contributed by atoms with E-state index >= 15 is 0 Å². The van der Waals surface area contributed by atoms with E-state index in [2.05, 4.69) is 33.4 Å². The first-order valence-electron chi connectivity index (χ1n) is 11.0. The average Bonchev–Trinajstić information content (AvgIpc) is 3.66. The molecular weight excluding hydrogens is 528 g/mol. The maximum Gasteiger partial charge on any atom is 0.358 e. The molecule has 4 rings (SSSR count). The van der Waals surface area contributed by atoms with Crippen LogP contribution >= 0.6 is 0 Å². The molecule has 0 spiro atoms. The molecule has 0 unspecified atom stereocenters. The molecule has 10 nitrogen and oxygen atoms in total. The first kappa shape index (κ1) is 26.4. The maximum atomic E-state index is 12.8. The molecule has 0 aliphatic heterocycles. The third kappa shape index (κ3) is 5.99. The second kappa shape index (κ2) is 11.2. The lowest BCUT2D eigenvalue weighted by molar-refractivity contribution is 0.334. The highest BCUT2D eigenvalue weighted by molar-refractivity contribution is 7.87. The largest absolute Gasteiger partial charge is 0.360 e. The lowest BCUT2D eigenvalue weighted by Crippen LogP contribution is -2.21. The van der Waals surface area contributed by atoms with Crippen LogP contribution in [-0.2, 0) is 28.8 Å². The van der Waals surface area contributed by atoms with E-state index in [4.69, 9.17) is 8.57 Å². The SMILES string of the molecule is C=Cc1ccc(S(=O)(=O)O/N=C(\C(=N/OS(=O)(=O)c2ccc(C=C)cc2)c2ccc[nH]2)c2ccc[nH]2)cc1. The fourth-order valence-electron chi connectivity index (χ4n) is 3.20. The molecule has 0 amide bonds. The van der Waals surface area contributed by atoms with Crippen LogP contribution in [0.25, 0.3) is 12.2 Å². The molecule has 2 aromatic heterocycles. The van der Waals surface area contributed by atoms with Gasteiger partial charge in [-0.15, -0.1) is 0 Å². The Morgan fingerprint density at radius 3 is 1.29 bits per heavy atom. The summed E-state index contributed by atoms with van der Waals surface area (Å²) in [4.78, 5) is 5.49. The molecule has 2 N–H and O–H groups in total. The predicted octanol–water partition coefficient (Wildman–Crippen LogP) is 4.55. The number of aromatic amines is 2. The van der Waals surface area contributed by atoms with Crippen LogP contribution in [0.4, 0.5) is 0 Å². The summed E-state index contributed by atoms with van der Waals surface area (Å²) in [6.07, 6.45) is 6.27. The van der Waals surface area contributed by atoms with Gasteiger partial charge in [0.25, 0.3) is 0 Å². The zero-order valence-electron chi connectivity index (χ0n) is 19.8. The quantitative estimate of drug-likeness (QED) is 0.207. The summed E-state index contributed by atoms with van der Waals surface area (Å²) in [5.41, 5.74) is 1.73. The van der Waals surface area contributed by atoms with Gasteiger partial charge in [0, 0.05) is 12.4 Å². The van der Waals surface area contributed by atoms with Crippen LogP contribution in [0.1, 0.15) is 22.5 Å². The van der Waals surface area contributed by atoms with Gasteiger partial charge in [0.2, 0.25) is 0 Å². The van der Waals surface area contributed by atoms with Crippen LogP contribution in [0.15, 0.2) is 118 Å². The van der Waals surface area contributed by atoms with Crippen molar-refractivity contribution < 1.29 is 25.4 Å². The summed E-state index contributed by atoms with van der Waals surface area (Å²) >= 11 is 0. The molecule has 0 aliphatic rings. The van der Waals surface area contributed by atoms with Gasteiger partial charge in [-0.05, 0) is 59.7 Å². The number of nitrogens with one attached hydrogen (secondary N) is 2. The Bertz CT molecular complexity index is 1560. The highest BCUT2D eigenvalue weighted by Gasteiger charge is 2.24. The van der Waals surface area contributed by atoms with E-state index in [9.17, 15) is 16.8 Å². The fraction of sp³-hybridized carbons (Fsp3) is 0. The minimum absolute atomic E-state index is 0.138. The topological polar surface area (TPSA) is 143 Å². The summed E-state index contributed by atoms with van der Waals surface area (Å²) < 4.78 is 61.3. The van der Waals surface area contributed by atoms with Crippen LogP contribution in [0.5, 0.6) is 0 Å². The van der Waals surface area contributed by atoms with Crippen molar-refractivity contribution in [2.24, 2.45) is 10.3 Å². The van der Waals surface area contributed by atoms with E-state index in [1.54, 1.807) is 73.1 Å². The molecular formula is C26H22N4O6S2. The van der Waals surface area contributed by atoms with Gasteiger partial charge in [0.1, 0.15) is 9.79 Å². The first-order chi connectivity index (χ1) is 18.2. The number of nitrogens with zero attached hydrogens (tertiary/aromatic N) is 2. The summed E-state index contributed by atoms with van der Waals surface area (Å²) in [5.74, 6) is 0. The molecule has 0 fully saturated rings. The molecule has 0 saturated carbocycles. The van der Waals surface area contributed by atoms with Crippen molar-refractivity contribution in [2.45, 2.75) is 9.79 Å². The molecule has 0 saturated heterocycles. The number of hydrogen-bond acceptors (Lipinski definition) is 8. The van der Waals surface area contributed by atoms with Crippen molar-refractivity contribution in [3.8, 4) is 0 Å². The van der Waals surface area contributed by atoms with E-state index < -0.39 is 20.2 Å². The van der Waals surface area contributed by atoms with Crippen molar-refractivity contribution in [1.29, 1.82) is 0 Å². The lowest BCUT2D eigenvalue weighted by Gasteiger charge is -2.09. The van der Waals surface area contributed by atoms with E-state index in [1.165, 1.54) is 24.3 Å². The van der Waals surface area contributed by atoms with Crippen LogP contribution in [0.2, 0.25) is 0 Å². The summed E-state index contributed by atoms with van der Waals surface area (Å²) in [5, 5.41) is 7.70. The Hall–Kier alpha value is -4.68. The van der Waals surface area contributed by atoms with Gasteiger partial charge in [-0.25, -0.2) is 0 Å². The third-order valence-corrected chi connectivity index (χ3v) is 7.43. The standard InChI is InChI=1S/C26H22N4O6S2/c1-3-19-9-13-21(14-10-19)37(31,32)35-29-25(23-7-5-17-27-23)26(24-8-6-18-28-24)30-36-38(33,34)22-15-11-20(4-2)12-16-22/h3-18,27-28H,1-2H2/b29-25-,30-26-. The monoisotopic (exact) mass is 550 g/mol. The molecule has 0 atom stereocenters. The minimum atomic E-state index is -4.33. The zero-order chi connectivity index (χ0) is 27.2. The number of rotatable bonds is 11. The van der Waals surface area contributed by atoms with Gasteiger partial charge in [-0.3, -0.25) is 8.57 Å². The van der Waals surface area contributed by atoms with Crippen molar-refractivity contribution in [3.63, 3.8) is 0 Å². The molecule has 38 heavy (non-hydrogen) atoms. The van der Waals surface area contributed by atoms with Crippen LogP contribution in [0.3, 0.4) is 0 Å². The van der Waals surface area contributed by atoms with Gasteiger partial charge in [-0.2, -0.15) is 16.8 Å². The van der Waals surface area contributed by atoms with E-state index in [0.29, 0.717) is 0 Å². The number of H-pyrrole nitrogens is 2. The third-order valence-electron chi connectivity index (χ3n) is 5.19. The maximum absolute atomic E-state index is 12.8. The van der Waals surface area contributed by atoms with Crippen molar-refractivity contribution in [3.05, 3.63) is 121 Å². The smallest absolute Gasteiger partial charge is 0.358 e. The average molecular weight is 551 g/mol. The lowest BCUT2D eigenvalue weighted by atomic mass is 10.1. The van der Waals surface area contributed by atoms with Crippen molar-refractivity contribution in [2.75, 3.05) is 0 Å². The zero-order valence-corrected chi connectivity index (χ0v) is 21.4. The van der Waals surface area contributed by atoms with Crippen LogP contribution in [0, 0.1) is 0 Å². The normalized spacial score (nSPS) is 12.6. The van der Waals surface area contributed by atoms with Gasteiger partial charge in [0.05, 0.1) is 11.4 Å². The number of oxime groups is 2. The van der Waals surface area contributed by atoms with Gasteiger partial charge < -0.3 is 9.97 Å².